The van der Waals surface area contributed by atoms with Crippen molar-refractivity contribution in [2.45, 2.75) is 18.7 Å². The Hall–Kier alpha value is -4.03. The molecule has 0 aliphatic rings. The van der Waals surface area contributed by atoms with Crippen LogP contribution >= 0.6 is 0 Å². The Morgan fingerprint density at radius 1 is 0.971 bits per heavy atom. The van der Waals surface area contributed by atoms with Crippen LogP contribution in [0, 0.1) is 11.3 Å². The SMILES string of the molecule is CCN(CC)c1ccc(NC(=O)c2ccc(C#N)cc2)cc1S(=O)(=O)Nc1ccc(OC)cc1. The van der Waals surface area contributed by atoms with Crippen molar-refractivity contribution in [3.63, 3.8) is 0 Å². The molecule has 0 aliphatic heterocycles. The summed E-state index contributed by atoms with van der Waals surface area (Å²) >= 11 is 0. The van der Waals surface area contributed by atoms with Gasteiger partial charge in [-0.25, -0.2) is 8.42 Å². The number of carbonyl (C=O) groups excluding carboxylic acids is 1. The quantitative estimate of drug-likeness (QED) is 0.469. The number of sulfonamides is 1. The van der Waals surface area contributed by atoms with Gasteiger partial charge in [0.25, 0.3) is 15.9 Å². The van der Waals surface area contributed by atoms with Crippen LogP contribution < -0.4 is 19.7 Å². The van der Waals surface area contributed by atoms with Crippen LogP contribution in [0.4, 0.5) is 17.1 Å². The molecule has 0 saturated heterocycles. The van der Waals surface area contributed by atoms with Crippen molar-refractivity contribution < 1.29 is 17.9 Å². The molecule has 0 bridgehead atoms. The monoisotopic (exact) mass is 478 g/mol. The number of rotatable bonds is 9. The number of benzene rings is 3. The van der Waals surface area contributed by atoms with Gasteiger partial charge in [0.2, 0.25) is 0 Å². The number of nitrogens with one attached hydrogen (secondary N) is 2. The van der Waals surface area contributed by atoms with Crippen LogP contribution in [0.3, 0.4) is 0 Å². The molecule has 0 fully saturated rings. The molecule has 3 rings (SSSR count). The Morgan fingerprint density at radius 3 is 2.15 bits per heavy atom. The van der Waals surface area contributed by atoms with Crippen molar-refractivity contribution in [1.82, 2.24) is 0 Å². The van der Waals surface area contributed by atoms with E-state index in [1.165, 1.54) is 13.2 Å². The van der Waals surface area contributed by atoms with Gasteiger partial charge in [0.05, 0.1) is 24.4 Å². The van der Waals surface area contributed by atoms with Crippen molar-refractivity contribution >= 4 is 33.0 Å². The van der Waals surface area contributed by atoms with Gasteiger partial charge in [0.15, 0.2) is 0 Å². The van der Waals surface area contributed by atoms with Crippen molar-refractivity contribution in [3.05, 3.63) is 77.9 Å². The second-order valence-electron chi connectivity index (χ2n) is 7.33. The van der Waals surface area contributed by atoms with Crippen LogP contribution in [0.25, 0.3) is 0 Å². The summed E-state index contributed by atoms with van der Waals surface area (Å²) in [6.07, 6.45) is 0. The van der Waals surface area contributed by atoms with Crippen LogP contribution in [0.5, 0.6) is 5.75 Å². The second-order valence-corrected chi connectivity index (χ2v) is 8.98. The van der Waals surface area contributed by atoms with E-state index in [1.54, 1.807) is 60.7 Å². The summed E-state index contributed by atoms with van der Waals surface area (Å²) in [5.74, 6) is 0.200. The first-order valence-corrected chi connectivity index (χ1v) is 12.2. The molecule has 0 unspecified atom stereocenters. The van der Waals surface area contributed by atoms with E-state index >= 15 is 0 Å². The molecule has 0 heterocycles. The molecule has 0 spiro atoms. The minimum absolute atomic E-state index is 0.0460. The largest absolute Gasteiger partial charge is 0.497 e. The van der Waals surface area contributed by atoms with E-state index in [4.69, 9.17) is 10.00 Å². The van der Waals surface area contributed by atoms with Crippen molar-refractivity contribution in [3.8, 4) is 11.8 Å². The molecular formula is C25H26N4O4S. The Morgan fingerprint density at radius 2 is 1.59 bits per heavy atom. The lowest BCUT2D eigenvalue weighted by Gasteiger charge is -2.25. The first-order valence-electron chi connectivity index (χ1n) is 10.7. The number of carbonyl (C=O) groups is 1. The summed E-state index contributed by atoms with van der Waals surface area (Å²) in [4.78, 5) is 14.6. The van der Waals surface area contributed by atoms with Crippen molar-refractivity contribution in [1.29, 1.82) is 5.26 Å². The van der Waals surface area contributed by atoms with Gasteiger partial charge < -0.3 is 15.0 Å². The number of amides is 1. The van der Waals surface area contributed by atoms with Crippen LogP contribution in [0.1, 0.15) is 29.8 Å². The lowest BCUT2D eigenvalue weighted by Crippen LogP contribution is -2.26. The Kier molecular flexibility index (Phi) is 7.76. The minimum Gasteiger partial charge on any atom is -0.497 e. The highest BCUT2D eigenvalue weighted by molar-refractivity contribution is 7.92. The first-order chi connectivity index (χ1) is 16.3. The first kappa shape index (κ1) is 24.6. The molecule has 0 radical (unpaired) electrons. The molecule has 2 N–H and O–H groups in total. The second kappa shape index (κ2) is 10.7. The normalized spacial score (nSPS) is 10.8. The van der Waals surface area contributed by atoms with Crippen molar-refractivity contribution in [2.24, 2.45) is 0 Å². The molecule has 176 valence electrons. The summed E-state index contributed by atoms with van der Waals surface area (Å²) in [6.45, 7) is 5.10. The van der Waals surface area contributed by atoms with Gasteiger partial charge in [-0.1, -0.05) is 0 Å². The van der Waals surface area contributed by atoms with Crippen molar-refractivity contribution in [2.75, 3.05) is 35.1 Å². The van der Waals surface area contributed by atoms with E-state index in [2.05, 4.69) is 10.0 Å². The fourth-order valence-electron chi connectivity index (χ4n) is 3.40. The van der Waals surface area contributed by atoms with Crippen LogP contribution in [-0.4, -0.2) is 34.5 Å². The summed E-state index contributed by atoms with van der Waals surface area (Å²) < 4.78 is 34.5. The number of hydrogen-bond acceptors (Lipinski definition) is 6. The average molecular weight is 479 g/mol. The Labute approximate surface area is 199 Å². The van der Waals surface area contributed by atoms with E-state index in [0.717, 1.165) is 0 Å². The summed E-state index contributed by atoms with van der Waals surface area (Å²) in [5.41, 5.74) is 2.05. The van der Waals surface area contributed by atoms with Gasteiger partial charge in [0.1, 0.15) is 10.6 Å². The lowest BCUT2D eigenvalue weighted by atomic mass is 10.1. The number of anilines is 3. The smallest absolute Gasteiger partial charge is 0.264 e. The predicted molar refractivity (Wildman–Crippen MR) is 133 cm³/mol. The summed E-state index contributed by atoms with van der Waals surface area (Å²) in [5, 5.41) is 11.7. The summed E-state index contributed by atoms with van der Waals surface area (Å²) in [6, 6.07) is 19.5. The van der Waals surface area contributed by atoms with Gasteiger partial charge in [-0.2, -0.15) is 5.26 Å². The maximum Gasteiger partial charge on any atom is 0.264 e. The predicted octanol–water partition coefficient (Wildman–Crippen LogP) is 4.47. The van der Waals surface area contributed by atoms with E-state index < -0.39 is 15.9 Å². The fraction of sp³-hybridized carbons (Fsp3) is 0.200. The van der Waals surface area contributed by atoms with Crippen LogP contribution in [0.2, 0.25) is 0 Å². The third-order valence-electron chi connectivity index (χ3n) is 5.23. The van der Waals surface area contributed by atoms with Crippen LogP contribution in [0.15, 0.2) is 71.6 Å². The molecule has 1 amide bonds. The third-order valence-corrected chi connectivity index (χ3v) is 6.64. The minimum atomic E-state index is -3.98. The van der Waals surface area contributed by atoms with Gasteiger partial charge in [-0.05, 0) is 80.6 Å². The highest BCUT2D eigenvalue weighted by Crippen LogP contribution is 2.31. The Balaban J connectivity index is 1.96. The molecule has 9 heteroatoms. The highest BCUT2D eigenvalue weighted by Gasteiger charge is 2.23. The molecular weight excluding hydrogens is 452 g/mol. The zero-order chi connectivity index (χ0) is 24.7. The number of nitriles is 1. The van der Waals surface area contributed by atoms with Gasteiger partial charge in [-0.15, -0.1) is 0 Å². The maximum absolute atomic E-state index is 13.4. The van der Waals surface area contributed by atoms with Gasteiger partial charge >= 0.3 is 0 Å². The number of ether oxygens (including phenoxy) is 1. The molecule has 8 nitrogen and oxygen atoms in total. The molecule has 0 aromatic heterocycles. The van der Waals surface area contributed by atoms with Gasteiger partial charge in [0, 0.05) is 30.0 Å². The molecule has 0 saturated carbocycles. The molecule has 3 aromatic carbocycles. The van der Waals surface area contributed by atoms with Gasteiger partial charge in [-0.3, -0.25) is 9.52 Å². The zero-order valence-electron chi connectivity index (χ0n) is 19.2. The molecule has 0 aliphatic carbocycles. The van der Waals surface area contributed by atoms with Crippen LogP contribution in [-0.2, 0) is 10.0 Å². The van der Waals surface area contributed by atoms with E-state index in [0.29, 0.717) is 47.0 Å². The zero-order valence-corrected chi connectivity index (χ0v) is 20.0. The molecule has 3 aromatic rings. The van der Waals surface area contributed by atoms with E-state index in [1.807, 2.05) is 24.8 Å². The number of nitrogens with zero attached hydrogens (tertiary/aromatic N) is 2. The number of hydrogen-bond donors (Lipinski definition) is 2. The molecule has 34 heavy (non-hydrogen) atoms. The summed E-state index contributed by atoms with van der Waals surface area (Å²) in [7, 11) is -2.45. The topological polar surface area (TPSA) is 112 Å². The maximum atomic E-state index is 13.4. The third kappa shape index (κ3) is 5.66. The Bertz CT molecular complexity index is 1290. The van der Waals surface area contributed by atoms with E-state index in [-0.39, 0.29) is 4.90 Å². The number of methoxy groups -OCH3 is 1. The highest BCUT2D eigenvalue weighted by atomic mass is 32.2. The molecule has 0 atom stereocenters. The lowest BCUT2D eigenvalue weighted by molar-refractivity contribution is 0.102. The standard InChI is InChI=1S/C25H26N4O4S/c1-4-29(5-2)23-15-12-21(27-25(30)19-8-6-18(17-26)7-9-19)16-24(23)34(31,32)28-20-10-13-22(33-3)14-11-20/h6-16,28H,4-5H2,1-3H3,(H,27,30). The fourth-order valence-corrected chi connectivity index (χ4v) is 4.71. The average Bonchev–Trinajstić information content (AvgIpc) is 2.85. The van der Waals surface area contributed by atoms with E-state index in [9.17, 15) is 13.2 Å².